The molecule has 0 aliphatic carbocycles. The molecule has 2 rings (SSSR count). The summed E-state index contributed by atoms with van der Waals surface area (Å²) in [6, 6.07) is 5.33. The van der Waals surface area contributed by atoms with Crippen LogP contribution in [0.5, 0.6) is 0 Å². The molecule has 2 amide bonds. The topological polar surface area (TPSA) is 32.3 Å². The third-order valence-electron chi connectivity index (χ3n) is 3.47. The highest BCUT2D eigenvalue weighted by atomic mass is 35.5. The van der Waals surface area contributed by atoms with Crippen LogP contribution in [0.4, 0.5) is 10.5 Å². The number of amides is 2. The van der Waals surface area contributed by atoms with Crippen molar-refractivity contribution in [3.63, 3.8) is 0 Å². The Bertz CT molecular complexity index is 445. The van der Waals surface area contributed by atoms with Gasteiger partial charge in [0.05, 0.1) is 0 Å². The highest BCUT2D eigenvalue weighted by Gasteiger charge is 2.25. The van der Waals surface area contributed by atoms with Crippen molar-refractivity contribution >= 4 is 34.9 Å². The van der Waals surface area contributed by atoms with Gasteiger partial charge in [-0.3, -0.25) is 0 Å². The van der Waals surface area contributed by atoms with Crippen LogP contribution in [0.25, 0.3) is 0 Å². The molecule has 104 valence electrons. The Kier molecular flexibility index (Phi) is 4.94. The van der Waals surface area contributed by atoms with Crippen LogP contribution in [0.3, 0.4) is 0 Å². The number of benzene rings is 1. The van der Waals surface area contributed by atoms with Gasteiger partial charge in [-0.1, -0.05) is 30.1 Å². The largest absolute Gasteiger partial charge is 0.322 e. The van der Waals surface area contributed by atoms with Crippen molar-refractivity contribution in [2.45, 2.75) is 38.6 Å². The number of carbonyl (C=O) groups excluding carboxylic acids is 1. The molecule has 1 saturated heterocycles. The van der Waals surface area contributed by atoms with E-state index < -0.39 is 0 Å². The van der Waals surface area contributed by atoms with Gasteiger partial charge >= 0.3 is 6.03 Å². The Morgan fingerprint density at radius 2 is 2.00 bits per heavy atom. The molecule has 1 atom stereocenters. The Morgan fingerprint density at radius 3 is 2.63 bits per heavy atom. The summed E-state index contributed by atoms with van der Waals surface area (Å²) in [5.74, 6) is 0. The van der Waals surface area contributed by atoms with E-state index in [4.69, 9.17) is 23.2 Å². The maximum atomic E-state index is 12.3. The zero-order valence-electron chi connectivity index (χ0n) is 11.0. The fourth-order valence-electron chi connectivity index (χ4n) is 2.51. The van der Waals surface area contributed by atoms with Crippen LogP contribution in [0, 0.1) is 0 Å². The van der Waals surface area contributed by atoms with Crippen LogP contribution in [0.1, 0.15) is 32.6 Å². The van der Waals surface area contributed by atoms with E-state index in [1.165, 1.54) is 6.42 Å². The number of likely N-dealkylation sites (tertiary alicyclic amines) is 1. The number of nitrogens with zero attached hydrogens (tertiary/aromatic N) is 1. The highest BCUT2D eigenvalue weighted by molar-refractivity contribution is 6.35. The monoisotopic (exact) mass is 300 g/mol. The van der Waals surface area contributed by atoms with E-state index in [-0.39, 0.29) is 6.03 Å². The molecule has 1 aliphatic rings. The molecule has 0 bridgehead atoms. The van der Waals surface area contributed by atoms with Crippen LogP contribution >= 0.6 is 23.2 Å². The number of halogens is 2. The van der Waals surface area contributed by atoms with Gasteiger partial charge in [0.2, 0.25) is 0 Å². The number of carbonyl (C=O) groups is 1. The second-order valence-electron chi connectivity index (χ2n) is 4.84. The number of rotatable bonds is 2. The lowest BCUT2D eigenvalue weighted by atomic mass is 10.0. The summed E-state index contributed by atoms with van der Waals surface area (Å²) in [5, 5.41) is 3.92. The minimum Gasteiger partial charge on any atom is -0.322 e. The second kappa shape index (κ2) is 6.49. The first-order valence-corrected chi connectivity index (χ1v) is 7.39. The average Bonchev–Trinajstić information content (AvgIpc) is 2.37. The molecule has 0 unspecified atom stereocenters. The first-order chi connectivity index (χ1) is 9.10. The molecule has 0 saturated carbocycles. The molecule has 5 heteroatoms. The van der Waals surface area contributed by atoms with Gasteiger partial charge in [0.15, 0.2) is 0 Å². The van der Waals surface area contributed by atoms with Crippen molar-refractivity contribution in [2.75, 3.05) is 11.9 Å². The molecule has 1 heterocycles. The first-order valence-electron chi connectivity index (χ1n) is 6.64. The van der Waals surface area contributed by atoms with Gasteiger partial charge in [0.25, 0.3) is 0 Å². The summed E-state index contributed by atoms with van der Waals surface area (Å²) in [6.45, 7) is 2.94. The Morgan fingerprint density at radius 1 is 1.32 bits per heavy atom. The van der Waals surface area contributed by atoms with Crippen molar-refractivity contribution < 1.29 is 4.79 Å². The quantitative estimate of drug-likeness (QED) is 0.837. The van der Waals surface area contributed by atoms with E-state index in [9.17, 15) is 4.79 Å². The van der Waals surface area contributed by atoms with E-state index in [1.807, 2.05) is 4.90 Å². The van der Waals surface area contributed by atoms with E-state index >= 15 is 0 Å². The number of nitrogens with one attached hydrogen (secondary N) is 1. The molecule has 0 spiro atoms. The molecular weight excluding hydrogens is 283 g/mol. The van der Waals surface area contributed by atoms with E-state index in [0.717, 1.165) is 25.8 Å². The average molecular weight is 301 g/mol. The predicted octanol–water partition coefficient (Wildman–Crippen LogP) is 4.79. The zero-order valence-corrected chi connectivity index (χ0v) is 12.5. The van der Waals surface area contributed by atoms with Gasteiger partial charge < -0.3 is 10.2 Å². The van der Waals surface area contributed by atoms with E-state index in [0.29, 0.717) is 21.8 Å². The molecule has 0 aromatic heterocycles. The standard InChI is InChI=1S/C14H18Cl2N2O/c1-2-13-5-3-4-6-18(13)14(19)17-12-8-10(15)7-11(16)9-12/h7-9,13H,2-6H2,1H3,(H,17,19)/t13-/m1/s1. The molecule has 1 aliphatic heterocycles. The highest BCUT2D eigenvalue weighted by Crippen LogP contribution is 2.24. The summed E-state index contributed by atoms with van der Waals surface area (Å²) < 4.78 is 0. The molecule has 1 aromatic carbocycles. The van der Waals surface area contributed by atoms with E-state index in [1.54, 1.807) is 18.2 Å². The molecular formula is C14H18Cl2N2O. The van der Waals surface area contributed by atoms with Crippen molar-refractivity contribution in [1.29, 1.82) is 0 Å². The van der Waals surface area contributed by atoms with Crippen molar-refractivity contribution in [2.24, 2.45) is 0 Å². The molecule has 1 N–H and O–H groups in total. The summed E-state index contributed by atoms with van der Waals surface area (Å²) in [4.78, 5) is 14.2. The predicted molar refractivity (Wildman–Crippen MR) is 80.1 cm³/mol. The molecule has 1 aromatic rings. The van der Waals surface area contributed by atoms with Gasteiger partial charge in [-0.2, -0.15) is 0 Å². The maximum Gasteiger partial charge on any atom is 0.322 e. The summed E-state index contributed by atoms with van der Waals surface area (Å²) >= 11 is 11.9. The fourth-order valence-corrected chi connectivity index (χ4v) is 3.04. The van der Waals surface area contributed by atoms with Gasteiger partial charge in [-0.05, 0) is 43.9 Å². The summed E-state index contributed by atoms with van der Waals surface area (Å²) in [5.41, 5.74) is 0.642. The summed E-state index contributed by atoms with van der Waals surface area (Å²) in [6.07, 6.45) is 4.34. The lowest BCUT2D eigenvalue weighted by Gasteiger charge is -2.35. The molecule has 19 heavy (non-hydrogen) atoms. The van der Waals surface area contributed by atoms with Crippen LogP contribution in [-0.2, 0) is 0 Å². The van der Waals surface area contributed by atoms with Crippen molar-refractivity contribution in [1.82, 2.24) is 4.90 Å². The maximum absolute atomic E-state index is 12.3. The Hall–Kier alpha value is -0.930. The lowest BCUT2D eigenvalue weighted by molar-refractivity contribution is 0.160. The van der Waals surface area contributed by atoms with Gasteiger partial charge in [0.1, 0.15) is 0 Å². The van der Waals surface area contributed by atoms with Gasteiger partial charge in [0, 0.05) is 28.3 Å². The zero-order chi connectivity index (χ0) is 13.8. The number of hydrogen-bond acceptors (Lipinski definition) is 1. The molecule has 3 nitrogen and oxygen atoms in total. The normalized spacial score (nSPS) is 19.3. The smallest absolute Gasteiger partial charge is 0.322 e. The van der Waals surface area contributed by atoms with Gasteiger partial charge in [-0.25, -0.2) is 4.79 Å². The van der Waals surface area contributed by atoms with Crippen LogP contribution in [0.2, 0.25) is 10.0 Å². The minimum absolute atomic E-state index is 0.0649. The van der Waals surface area contributed by atoms with E-state index in [2.05, 4.69) is 12.2 Å². The molecule has 0 radical (unpaired) electrons. The third-order valence-corrected chi connectivity index (χ3v) is 3.91. The van der Waals surface area contributed by atoms with Crippen molar-refractivity contribution in [3.8, 4) is 0 Å². The SMILES string of the molecule is CC[C@@H]1CCCCN1C(=O)Nc1cc(Cl)cc(Cl)c1. The second-order valence-corrected chi connectivity index (χ2v) is 5.71. The number of piperidine rings is 1. The number of anilines is 1. The molecule has 1 fully saturated rings. The van der Waals surface area contributed by atoms with Crippen LogP contribution < -0.4 is 5.32 Å². The first kappa shape index (κ1) is 14.5. The Balaban J connectivity index is 2.07. The lowest BCUT2D eigenvalue weighted by Crippen LogP contribution is -2.45. The third kappa shape index (κ3) is 3.77. The minimum atomic E-state index is -0.0649. The van der Waals surface area contributed by atoms with Crippen LogP contribution in [-0.4, -0.2) is 23.5 Å². The number of urea groups is 1. The van der Waals surface area contributed by atoms with Gasteiger partial charge in [-0.15, -0.1) is 0 Å². The van der Waals surface area contributed by atoms with Crippen LogP contribution in [0.15, 0.2) is 18.2 Å². The number of hydrogen-bond donors (Lipinski definition) is 1. The van der Waals surface area contributed by atoms with Crippen molar-refractivity contribution in [3.05, 3.63) is 28.2 Å². The Labute approximate surface area is 123 Å². The fraction of sp³-hybridized carbons (Fsp3) is 0.500. The summed E-state index contributed by atoms with van der Waals surface area (Å²) in [7, 11) is 0.